The lowest BCUT2D eigenvalue weighted by atomic mass is 10.0. The van der Waals surface area contributed by atoms with Crippen LogP contribution < -0.4 is 16.8 Å². The van der Waals surface area contributed by atoms with Crippen molar-refractivity contribution in [3.8, 4) is 0 Å². The Balaban J connectivity index is 1.95. The zero-order valence-electron chi connectivity index (χ0n) is 10.6. The fourth-order valence-corrected chi connectivity index (χ4v) is 2.10. The largest absolute Gasteiger partial charge is 0.329 e. The fraction of sp³-hybridized carbons (Fsp3) is 0.333. The van der Waals surface area contributed by atoms with Gasteiger partial charge in [0.2, 0.25) is 0 Å². The van der Waals surface area contributed by atoms with E-state index in [2.05, 4.69) is 47.8 Å². The minimum Gasteiger partial charge on any atom is -0.329 e. The molecule has 0 aliphatic heterocycles. The molecule has 0 saturated carbocycles. The van der Waals surface area contributed by atoms with Crippen LogP contribution in [0.4, 0.5) is 0 Å². The van der Waals surface area contributed by atoms with Gasteiger partial charge in [-0.3, -0.25) is 0 Å². The van der Waals surface area contributed by atoms with Crippen LogP contribution in [0.3, 0.4) is 0 Å². The predicted molar refractivity (Wildman–Crippen MR) is 77.6 cm³/mol. The van der Waals surface area contributed by atoms with Gasteiger partial charge in [-0.05, 0) is 29.3 Å². The summed E-state index contributed by atoms with van der Waals surface area (Å²) < 4.78 is 0. The smallest absolute Gasteiger partial charge is 0.0290 e. The third-order valence-corrected chi connectivity index (χ3v) is 3.16. The van der Waals surface area contributed by atoms with Crippen LogP contribution in [0.1, 0.15) is 5.56 Å². The van der Waals surface area contributed by atoms with Crippen molar-refractivity contribution in [2.45, 2.75) is 12.5 Å². The minimum atomic E-state index is 0.0533. The van der Waals surface area contributed by atoms with Crippen LogP contribution in [0.15, 0.2) is 42.5 Å². The number of rotatable bonds is 6. The van der Waals surface area contributed by atoms with E-state index in [4.69, 9.17) is 11.5 Å². The summed E-state index contributed by atoms with van der Waals surface area (Å²) in [5.41, 5.74) is 12.6. The van der Waals surface area contributed by atoms with Crippen molar-refractivity contribution >= 4 is 10.8 Å². The monoisotopic (exact) mass is 243 g/mol. The topological polar surface area (TPSA) is 64.1 Å². The minimum absolute atomic E-state index is 0.0533. The van der Waals surface area contributed by atoms with Gasteiger partial charge in [0.15, 0.2) is 0 Å². The molecular formula is C15H21N3. The Bertz CT molecular complexity index is 491. The van der Waals surface area contributed by atoms with Crippen LogP contribution in [0.25, 0.3) is 10.8 Å². The highest BCUT2D eigenvalue weighted by atomic mass is 14.9. The van der Waals surface area contributed by atoms with E-state index in [0.717, 1.165) is 19.5 Å². The summed E-state index contributed by atoms with van der Waals surface area (Å²) in [6.45, 7) is 2.24. The molecule has 18 heavy (non-hydrogen) atoms. The van der Waals surface area contributed by atoms with E-state index in [9.17, 15) is 0 Å². The Morgan fingerprint density at radius 1 is 1.06 bits per heavy atom. The normalized spacial score (nSPS) is 12.8. The van der Waals surface area contributed by atoms with E-state index in [1.165, 1.54) is 16.3 Å². The van der Waals surface area contributed by atoms with Gasteiger partial charge >= 0.3 is 0 Å². The highest BCUT2D eigenvalue weighted by molar-refractivity contribution is 5.85. The van der Waals surface area contributed by atoms with E-state index >= 15 is 0 Å². The van der Waals surface area contributed by atoms with Crippen LogP contribution >= 0.6 is 0 Å². The Hall–Kier alpha value is -1.42. The third-order valence-electron chi connectivity index (χ3n) is 3.16. The molecule has 0 fully saturated rings. The molecule has 0 aliphatic rings. The van der Waals surface area contributed by atoms with E-state index in [1.54, 1.807) is 0 Å². The molecule has 3 heteroatoms. The summed E-state index contributed by atoms with van der Waals surface area (Å²) in [4.78, 5) is 0. The molecular weight excluding hydrogens is 222 g/mol. The molecule has 0 aliphatic carbocycles. The van der Waals surface area contributed by atoms with Crippen LogP contribution in [-0.2, 0) is 6.42 Å². The van der Waals surface area contributed by atoms with Crippen molar-refractivity contribution < 1.29 is 0 Å². The highest BCUT2D eigenvalue weighted by Crippen LogP contribution is 2.18. The predicted octanol–water partition coefficient (Wildman–Crippen LogP) is 1.26. The van der Waals surface area contributed by atoms with Crippen molar-refractivity contribution in [3.63, 3.8) is 0 Å². The van der Waals surface area contributed by atoms with Crippen LogP contribution in [0.2, 0.25) is 0 Å². The van der Waals surface area contributed by atoms with Gasteiger partial charge < -0.3 is 16.8 Å². The van der Waals surface area contributed by atoms with Gasteiger partial charge in [-0.1, -0.05) is 42.5 Å². The first kappa shape index (κ1) is 13.0. The first-order valence-corrected chi connectivity index (χ1v) is 6.44. The number of hydrogen-bond donors (Lipinski definition) is 3. The molecule has 0 saturated heterocycles. The second-order valence-corrected chi connectivity index (χ2v) is 4.59. The summed E-state index contributed by atoms with van der Waals surface area (Å²) in [5.74, 6) is 0. The zero-order chi connectivity index (χ0) is 12.8. The molecule has 0 spiro atoms. The number of nitrogens with one attached hydrogen (secondary N) is 1. The van der Waals surface area contributed by atoms with E-state index in [0.29, 0.717) is 6.54 Å². The molecule has 2 rings (SSSR count). The molecule has 0 aromatic heterocycles. The summed E-state index contributed by atoms with van der Waals surface area (Å²) in [6.07, 6.45) is 1.01. The second-order valence-electron chi connectivity index (χ2n) is 4.59. The van der Waals surface area contributed by atoms with Crippen LogP contribution in [-0.4, -0.2) is 25.7 Å². The number of nitrogens with two attached hydrogens (primary N) is 2. The van der Waals surface area contributed by atoms with Crippen molar-refractivity contribution in [3.05, 3.63) is 48.0 Å². The third kappa shape index (κ3) is 3.29. The second kappa shape index (κ2) is 6.50. The fourth-order valence-electron chi connectivity index (χ4n) is 2.10. The molecule has 0 radical (unpaired) electrons. The van der Waals surface area contributed by atoms with Gasteiger partial charge in [-0.15, -0.1) is 0 Å². The molecule has 5 N–H and O–H groups in total. The zero-order valence-corrected chi connectivity index (χ0v) is 10.6. The number of hydrogen-bond acceptors (Lipinski definition) is 3. The Labute approximate surface area is 108 Å². The average Bonchev–Trinajstić information content (AvgIpc) is 2.43. The first-order chi connectivity index (χ1) is 8.81. The average molecular weight is 243 g/mol. The SMILES string of the molecule is NCC(N)CNCCc1cccc2ccccc12. The standard InChI is InChI=1S/C15H21N3/c16-10-14(17)11-18-9-8-13-6-3-5-12-4-1-2-7-15(12)13/h1-7,14,18H,8-11,16-17H2. The van der Waals surface area contributed by atoms with Crippen molar-refractivity contribution in [1.29, 1.82) is 0 Å². The molecule has 3 nitrogen and oxygen atoms in total. The quantitative estimate of drug-likeness (QED) is 0.669. The molecule has 0 bridgehead atoms. The lowest BCUT2D eigenvalue weighted by molar-refractivity contribution is 0.584. The molecule has 2 aromatic carbocycles. The lowest BCUT2D eigenvalue weighted by Gasteiger charge is -2.11. The first-order valence-electron chi connectivity index (χ1n) is 6.44. The summed E-state index contributed by atoms with van der Waals surface area (Å²) in [6, 6.07) is 15.0. The number of fused-ring (bicyclic) bond motifs is 1. The van der Waals surface area contributed by atoms with E-state index < -0.39 is 0 Å². The maximum atomic E-state index is 5.76. The van der Waals surface area contributed by atoms with Crippen molar-refractivity contribution in [1.82, 2.24) is 5.32 Å². The summed E-state index contributed by atoms with van der Waals surface area (Å²) in [7, 11) is 0. The molecule has 1 unspecified atom stereocenters. The molecule has 0 heterocycles. The van der Waals surface area contributed by atoms with Gasteiger partial charge in [-0.2, -0.15) is 0 Å². The molecule has 0 amide bonds. The highest BCUT2D eigenvalue weighted by Gasteiger charge is 2.01. The van der Waals surface area contributed by atoms with Gasteiger partial charge in [-0.25, -0.2) is 0 Å². The van der Waals surface area contributed by atoms with Gasteiger partial charge in [0.1, 0.15) is 0 Å². The van der Waals surface area contributed by atoms with Crippen LogP contribution in [0, 0.1) is 0 Å². The van der Waals surface area contributed by atoms with Crippen molar-refractivity contribution in [2.75, 3.05) is 19.6 Å². The van der Waals surface area contributed by atoms with Crippen LogP contribution in [0.5, 0.6) is 0 Å². The van der Waals surface area contributed by atoms with Gasteiger partial charge in [0.25, 0.3) is 0 Å². The molecule has 2 aromatic rings. The van der Waals surface area contributed by atoms with E-state index in [1.807, 2.05) is 0 Å². The Morgan fingerprint density at radius 3 is 2.67 bits per heavy atom. The van der Waals surface area contributed by atoms with Gasteiger partial charge in [0.05, 0.1) is 0 Å². The maximum absolute atomic E-state index is 5.76. The molecule has 96 valence electrons. The Kier molecular flexibility index (Phi) is 4.70. The number of benzene rings is 2. The molecule has 1 atom stereocenters. The summed E-state index contributed by atoms with van der Waals surface area (Å²) in [5, 5.41) is 5.98. The lowest BCUT2D eigenvalue weighted by Crippen LogP contribution is -2.40. The maximum Gasteiger partial charge on any atom is 0.0290 e. The summed E-state index contributed by atoms with van der Waals surface area (Å²) >= 11 is 0. The Morgan fingerprint density at radius 2 is 1.83 bits per heavy atom. The van der Waals surface area contributed by atoms with Crippen molar-refractivity contribution in [2.24, 2.45) is 11.5 Å². The van der Waals surface area contributed by atoms with Gasteiger partial charge in [0, 0.05) is 19.1 Å². The van der Waals surface area contributed by atoms with E-state index in [-0.39, 0.29) is 6.04 Å².